The van der Waals surface area contributed by atoms with Crippen LogP contribution in [0.15, 0.2) is 36.9 Å². The molecule has 0 saturated carbocycles. The van der Waals surface area contributed by atoms with Crippen LogP contribution >= 0.6 is 0 Å². The second-order valence-electron chi connectivity index (χ2n) is 4.69. The van der Waals surface area contributed by atoms with E-state index in [4.69, 9.17) is 4.74 Å². The molecule has 0 saturated heterocycles. The van der Waals surface area contributed by atoms with Crippen molar-refractivity contribution in [3.63, 3.8) is 0 Å². The molecule has 1 rings (SSSR count). The molecule has 20 heavy (non-hydrogen) atoms. The third-order valence-electron chi connectivity index (χ3n) is 2.99. The lowest BCUT2D eigenvalue weighted by molar-refractivity contribution is 0.190. The van der Waals surface area contributed by atoms with Crippen LogP contribution in [0, 0.1) is 0 Å². The van der Waals surface area contributed by atoms with Gasteiger partial charge >= 0.3 is 0 Å². The lowest BCUT2D eigenvalue weighted by Crippen LogP contribution is -2.39. The van der Waals surface area contributed by atoms with Crippen LogP contribution in [0.1, 0.15) is 25.3 Å². The molecule has 112 valence electrons. The van der Waals surface area contributed by atoms with Crippen molar-refractivity contribution < 1.29 is 13.2 Å². The largest absolute Gasteiger partial charge is 0.383 e. The molecule has 0 fully saturated rings. The average molecular weight is 297 g/mol. The number of rotatable bonds is 9. The van der Waals surface area contributed by atoms with Crippen molar-refractivity contribution in [2.75, 3.05) is 19.5 Å². The number of hydrogen-bond acceptors (Lipinski definition) is 3. The summed E-state index contributed by atoms with van der Waals surface area (Å²) in [5.41, 5.74) is 1.63. The summed E-state index contributed by atoms with van der Waals surface area (Å²) >= 11 is 0. The van der Waals surface area contributed by atoms with E-state index < -0.39 is 16.1 Å². The molecule has 0 aliphatic heterocycles. The van der Waals surface area contributed by atoms with Crippen LogP contribution < -0.4 is 4.72 Å². The first kappa shape index (κ1) is 16.9. The van der Waals surface area contributed by atoms with E-state index in [1.807, 2.05) is 37.3 Å². The Balaban J connectivity index is 2.81. The molecule has 0 aromatic heterocycles. The quantitative estimate of drug-likeness (QED) is 0.761. The van der Waals surface area contributed by atoms with Crippen molar-refractivity contribution in [2.24, 2.45) is 0 Å². The van der Waals surface area contributed by atoms with Crippen molar-refractivity contribution in [2.45, 2.75) is 25.8 Å². The van der Waals surface area contributed by atoms with Gasteiger partial charge in [0.1, 0.15) is 0 Å². The highest BCUT2D eigenvalue weighted by Crippen LogP contribution is 2.17. The zero-order valence-electron chi connectivity index (χ0n) is 12.1. The standard InChI is InChI=1S/C15H23NO3S/c1-4-5-11-20(17,18)16-15(12-19-3)13(2)14-9-7-6-8-10-14/h6-10,15-16H,2,4-5,11-12H2,1,3H3/t15-/m1/s1. The summed E-state index contributed by atoms with van der Waals surface area (Å²) in [6.07, 6.45) is 1.49. The van der Waals surface area contributed by atoms with Gasteiger partial charge in [-0.25, -0.2) is 13.1 Å². The summed E-state index contributed by atoms with van der Waals surface area (Å²) < 4.78 is 31.8. The van der Waals surface area contributed by atoms with Crippen molar-refractivity contribution >= 4 is 15.6 Å². The minimum absolute atomic E-state index is 0.131. The van der Waals surface area contributed by atoms with Crippen LogP contribution in [-0.4, -0.2) is 33.9 Å². The Morgan fingerprint density at radius 2 is 2.00 bits per heavy atom. The maximum Gasteiger partial charge on any atom is 0.212 e. The molecule has 0 aliphatic carbocycles. The summed E-state index contributed by atoms with van der Waals surface area (Å²) in [7, 11) is -1.76. The predicted molar refractivity (Wildman–Crippen MR) is 83.0 cm³/mol. The third kappa shape index (κ3) is 5.45. The van der Waals surface area contributed by atoms with Crippen molar-refractivity contribution in [1.82, 2.24) is 4.72 Å². The molecule has 0 heterocycles. The van der Waals surface area contributed by atoms with E-state index in [1.165, 1.54) is 0 Å². The number of sulfonamides is 1. The Morgan fingerprint density at radius 1 is 1.35 bits per heavy atom. The van der Waals surface area contributed by atoms with E-state index in [9.17, 15) is 8.42 Å². The Labute approximate surface area is 121 Å². The second-order valence-corrected chi connectivity index (χ2v) is 6.56. The first-order valence-corrected chi connectivity index (χ1v) is 8.38. The van der Waals surface area contributed by atoms with Crippen molar-refractivity contribution in [3.8, 4) is 0 Å². The second kappa shape index (κ2) is 8.19. The summed E-state index contributed by atoms with van der Waals surface area (Å²) in [5.74, 6) is 0.131. The van der Waals surface area contributed by atoms with Crippen LogP contribution in [0.4, 0.5) is 0 Å². The van der Waals surface area contributed by atoms with Crippen LogP contribution in [0.3, 0.4) is 0 Å². The lowest BCUT2D eigenvalue weighted by atomic mass is 10.0. The summed E-state index contributed by atoms with van der Waals surface area (Å²) in [4.78, 5) is 0. The topological polar surface area (TPSA) is 55.4 Å². The Morgan fingerprint density at radius 3 is 2.55 bits per heavy atom. The first-order valence-electron chi connectivity index (χ1n) is 6.73. The molecule has 4 nitrogen and oxygen atoms in total. The highest BCUT2D eigenvalue weighted by Gasteiger charge is 2.20. The van der Waals surface area contributed by atoms with Gasteiger partial charge in [-0.1, -0.05) is 50.3 Å². The van der Waals surface area contributed by atoms with Gasteiger partial charge in [0, 0.05) is 7.11 Å². The lowest BCUT2D eigenvalue weighted by Gasteiger charge is -2.20. The molecule has 0 unspecified atom stereocenters. The smallest absolute Gasteiger partial charge is 0.212 e. The van der Waals surface area contributed by atoms with Gasteiger partial charge in [-0.15, -0.1) is 0 Å². The molecule has 1 aromatic carbocycles. The summed E-state index contributed by atoms with van der Waals surface area (Å²) in [6, 6.07) is 9.08. The van der Waals surface area contributed by atoms with E-state index in [0.717, 1.165) is 12.0 Å². The van der Waals surface area contributed by atoms with Crippen LogP contribution in [0.5, 0.6) is 0 Å². The van der Waals surface area contributed by atoms with Gasteiger partial charge in [0.15, 0.2) is 0 Å². The predicted octanol–water partition coefficient (Wildman–Crippen LogP) is 2.43. The fourth-order valence-electron chi connectivity index (χ4n) is 1.84. The highest BCUT2D eigenvalue weighted by atomic mass is 32.2. The normalized spacial score (nSPS) is 13.1. The maximum absolute atomic E-state index is 12.0. The molecular formula is C15H23NO3S. The van der Waals surface area contributed by atoms with Crippen LogP contribution in [0.2, 0.25) is 0 Å². The summed E-state index contributed by atoms with van der Waals surface area (Å²) in [5, 5.41) is 0. The minimum atomic E-state index is -3.31. The molecule has 1 atom stereocenters. The molecule has 0 amide bonds. The van der Waals surface area contributed by atoms with E-state index in [1.54, 1.807) is 7.11 Å². The third-order valence-corrected chi connectivity index (χ3v) is 4.46. The molecule has 0 radical (unpaired) electrons. The minimum Gasteiger partial charge on any atom is -0.383 e. The molecule has 0 spiro atoms. The molecule has 5 heteroatoms. The van der Waals surface area contributed by atoms with Gasteiger partial charge in [-0.3, -0.25) is 0 Å². The van der Waals surface area contributed by atoms with Crippen LogP contribution in [-0.2, 0) is 14.8 Å². The van der Waals surface area contributed by atoms with Crippen LogP contribution in [0.25, 0.3) is 5.57 Å². The van der Waals surface area contributed by atoms with Gasteiger partial charge < -0.3 is 4.74 Å². The number of nitrogens with one attached hydrogen (secondary N) is 1. The number of ether oxygens (including phenoxy) is 1. The van der Waals surface area contributed by atoms with Gasteiger partial charge in [0.2, 0.25) is 10.0 Å². The summed E-state index contributed by atoms with van der Waals surface area (Å²) in [6.45, 7) is 6.23. The fourth-order valence-corrected chi connectivity index (χ4v) is 3.27. The highest BCUT2D eigenvalue weighted by molar-refractivity contribution is 7.89. The molecule has 1 N–H and O–H groups in total. The van der Waals surface area contributed by atoms with E-state index in [2.05, 4.69) is 11.3 Å². The fraction of sp³-hybridized carbons (Fsp3) is 0.467. The van der Waals surface area contributed by atoms with Crippen molar-refractivity contribution in [1.29, 1.82) is 0 Å². The monoisotopic (exact) mass is 297 g/mol. The molecular weight excluding hydrogens is 274 g/mol. The van der Waals surface area contributed by atoms with Gasteiger partial charge in [-0.05, 0) is 17.6 Å². The Hall–Kier alpha value is -1.17. The van der Waals surface area contributed by atoms with E-state index in [-0.39, 0.29) is 12.4 Å². The van der Waals surface area contributed by atoms with E-state index in [0.29, 0.717) is 12.0 Å². The molecule has 1 aromatic rings. The number of hydrogen-bond donors (Lipinski definition) is 1. The molecule has 0 bridgehead atoms. The first-order chi connectivity index (χ1) is 9.50. The van der Waals surface area contributed by atoms with Gasteiger partial charge in [0.25, 0.3) is 0 Å². The zero-order valence-corrected chi connectivity index (χ0v) is 12.9. The van der Waals surface area contributed by atoms with E-state index >= 15 is 0 Å². The van der Waals surface area contributed by atoms with Gasteiger partial charge in [0.05, 0.1) is 18.4 Å². The maximum atomic E-state index is 12.0. The Bertz CT molecular complexity index is 511. The SMILES string of the molecule is C=C(c1ccccc1)[C@@H](COC)NS(=O)(=O)CCCC. The number of methoxy groups -OCH3 is 1. The van der Waals surface area contributed by atoms with Gasteiger partial charge in [-0.2, -0.15) is 0 Å². The van der Waals surface area contributed by atoms with Crippen molar-refractivity contribution in [3.05, 3.63) is 42.5 Å². The Kier molecular flexibility index (Phi) is 6.91. The number of unbranched alkanes of at least 4 members (excludes halogenated alkanes) is 1. The number of benzene rings is 1. The zero-order chi connectivity index (χ0) is 15.0. The average Bonchev–Trinajstić information content (AvgIpc) is 2.45. The molecule has 0 aliphatic rings.